The first kappa shape index (κ1) is 18.2. The van der Waals surface area contributed by atoms with E-state index >= 15 is 0 Å². The van der Waals surface area contributed by atoms with Gasteiger partial charge in [-0.2, -0.15) is 0 Å². The first-order valence-electron chi connectivity index (χ1n) is 9.77. The van der Waals surface area contributed by atoms with E-state index in [0.717, 1.165) is 34.8 Å². The summed E-state index contributed by atoms with van der Waals surface area (Å²) in [7, 11) is 0. The Hall–Kier alpha value is -3.21. The van der Waals surface area contributed by atoms with E-state index in [1.165, 1.54) is 0 Å². The third kappa shape index (κ3) is 3.36. The molecular weight excluding hydrogens is 350 g/mol. The molecule has 4 rings (SSSR count). The Balaban J connectivity index is 1.64. The Morgan fingerprint density at radius 2 is 1.86 bits per heavy atom. The molecule has 0 radical (unpaired) electrons. The number of carbonyl (C=O) groups excluding carboxylic acids is 1. The van der Waals surface area contributed by atoms with Crippen molar-refractivity contribution in [2.45, 2.75) is 32.9 Å². The number of nitrogens with zero attached hydrogens (tertiary/aromatic N) is 2. The second-order valence-corrected chi connectivity index (χ2v) is 6.87. The van der Waals surface area contributed by atoms with Crippen LogP contribution >= 0.6 is 0 Å². The Bertz CT molecular complexity index is 962. The van der Waals surface area contributed by atoms with E-state index < -0.39 is 0 Å². The molecule has 2 amide bonds. The van der Waals surface area contributed by atoms with Gasteiger partial charge in [0.1, 0.15) is 5.75 Å². The molecule has 5 heteroatoms. The van der Waals surface area contributed by atoms with Crippen LogP contribution in [0.2, 0.25) is 0 Å². The summed E-state index contributed by atoms with van der Waals surface area (Å²) in [6, 6.07) is 19.8. The van der Waals surface area contributed by atoms with Gasteiger partial charge < -0.3 is 19.5 Å². The average Bonchev–Trinajstić information content (AvgIpc) is 3.14. The molecule has 1 aliphatic heterocycles. The lowest BCUT2D eigenvalue weighted by atomic mass is 10.1. The monoisotopic (exact) mass is 375 g/mol. The fraction of sp³-hybridized carbons (Fsp3) is 0.261. The van der Waals surface area contributed by atoms with Crippen LogP contribution in [0.5, 0.6) is 5.75 Å². The van der Waals surface area contributed by atoms with Crippen LogP contribution in [0.4, 0.5) is 10.5 Å². The molecule has 0 saturated heterocycles. The predicted octanol–water partition coefficient (Wildman–Crippen LogP) is 5.37. The number of hydrogen-bond donors (Lipinski definition) is 1. The Morgan fingerprint density at radius 3 is 2.61 bits per heavy atom. The fourth-order valence-corrected chi connectivity index (χ4v) is 3.86. The highest BCUT2D eigenvalue weighted by atomic mass is 16.5. The van der Waals surface area contributed by atoms with Crippen LogP contribution in [0.3, 0.4) is 0 Å². The molecule has 0 unspecified atom stereocenters. The number of urea groups is 1. The van der Waals surface area contributed by atoms with E-state index in [-0.39, 0.29) is 12.1 Å². The highest BCUT2D eigenvalue weighted by Gasteiger charge is 2.30. The summed E-state index contributed by atoms with van der Waals surface area (Å²) in [6.45, 7) is 5.26. The quantitative estimate of drug-likeness (QED) is 0.666. The number of amides is 2. The SMILES string of the molecule is CCOc1ccc(NC(=O)N2Cc3ccccc3-n3cccc3[C@@H]2CC)cc1. The van der Waals surface area contributed by atoms with E-state index in [1.54, 1.807) is 0 Å². The lowest BCUT2D eigenvalue weighted by Gasteiger charge is -2.29. The number of rotatable bonds is 4. The molecule has 3 aromatic rings. The Labute approximate surface area is 165 Å². The smallest absolute Gasteiger partial charge is 0.322 e. The minimum absolute atomic E-state index is 0.00472. The Morgan fingerprint density at radius 1 is 1.07 bits per heavy atom. The maximum absolute atomic E-state index is 13.2. The van der Waals surface area contributed by atoms with Gasteiger partial charge in [-0.3, -0.25) is 0 Å². The van der Waals surface area contributed by atoms with Gasteiger partial charge in [-0.05, 0) is 61.4 Å². The largest absolute Gasteiger partial charge is 0.494 e. The second kappa shape index (κ2) is 7.80. The summed E-state index contributed by atoms with van der Waals surface area (Å²) in [5.74, 6) is 0.800. The second-order valence-electron chi connectivity index (χ2n) is 6.87. The van der Waals surface area contributed by atoms with Gasteiger partial charge in [0.25, 0.3) is 0 Å². The average molecular weight is 375 g/mol. The number of nitrogens with one attached hydrogen (secondary N) is 1. The maximum atomic E-state index is 13.2. The number of fused-ring (bicyclic) bond motifs is 3. The highest BCUT2D eigenvalue weighted by Crippen LogP contribution is 2.34. The molecule has 0 saturated carbocycles. The van der Waals surface area contributed by atoms with E-state index in [9.17, 15) is 4.79 Å². The van der Waals surface area contributed by atoms with Crippen LogP contribution in [0, 0.1) is 0 Å². The van der Waals surface area contributed by atoms with Crippen molar-refractivity contribution in [1.82, 2.24) is 9.47 Å². The number of carbonyl (C=O) groups is 1. The zero-order valence-corrected chi connectivity index (χ0v) is 16.3. The molecule has 0 aliphatic carbocycles. The van der Waals surface area contributed by atoms with Gasteiger partial charge >= 0.3 is 6.03 Å². The first-order chi connectivity index (χ1) is 13.7. The summed E-state index contributed by atoms with van der Waals surface area (Å²) < 4.78 is 7.68. The van der Waals surface area contributed by atoms with E-state index in [2.05, 4.69) is 41.2 Å². The molecule has 0 bridgehead atoms. The first-order valence-corrected chi connectivity index (χ1v) is 9.77. The third-order valence-electron chi connectivity index (χ3n) is 5.15. The van der Waals surface area contributed by atoms with Crippen LogP contribution in [0.15, 0.2) is 66.9 Å². The van der Waals surface area contributed by atoms with Gasteiger partial charge in [-0.1, -0.05) is 25.1 Å². The number of ether oxygens (including phenoxy) is 1. The van der Waals surface area contributed by atoms with Crippen molar-refractivity contribution in [3.8, 4) is 11.4 Å². The number of anilines is 1. The standard InChI is InChI=1S/C23H25N3O2/c1-3-20-22-10-7-15-25(22)21-9-6-5-8-17(21)16-26(20)23(27)24-18-11-13-19(14-12-18)28-4-2/h5-15,20H,3-4,16H2,1-2H3,(H,24,27)/t20-/m0/s1. The summed E-state index contributed by atoms with van der Waals surface area (Å²) in [5, 5.41) is 3.05. The molecular formula is C23H25N3O2. The lowest BCUT2D eigenvalue weighted by Crippen LogP contribution is -2.37. The topological polar surface area (TPSA) is 46.5 Å². The van der Waals surface area contributed by atoms with Crippen molar-refractivity contribution in [3.05, 3.63) is 78.1 Å². The molecule has 1 aliphatic rings. The predicted molar refractivity (Wildman–Crippen MR) is 111 cm³/mol. The van der Waals surface area contributed by atoms with Crippen molar-refractivity contribution < 1.29 is 9.53 Å². The van der Waals surface area contributed by atoms with Gasteiger partial charge in [0.2, 0.25) is 0 Å². The molecule has 0 spiro atoms. The number of benzene rings is 2. The molecule has 28 heavy (non-hydrogen) atoms. The molecule has 2 aromatic carbocycles. The van der Waals surface area contributed by atoms with Crippen LogP contribution in [-0.2, 0) is 6.54 Å². The number of para-hydroxylation sites is 1. The van der Waals surface area contributed by atoms with E-state index in [0.29, 0.717) is 13.2 Å². The van der Waals surface area contributed by atoms with Gasteiger partial charge in [0, 0.05) is 17.6 Å². The summed E-state index contributed by atoms with van der Waals surface area (Å²) in [4.78, 5) is 15.1. The highest BCUT2D eigenvalue weighted by molar-refractivity contribution is 5.89. The molecule has 0 fully saturated rings. The van der Waals surface area contributed by atoms with Gasteiger partial charge in [-0.25, -0.2) is 4.79 Å². The summed E-state index contributed by atoms with van der Waals surface area (Å²) in [5.41, 5.74) is 4.17. The van der Waals surface area contributed by atoms with Crippen LogP contribution in [0.1, 0.15) is 37.6 Å². The zero-order valence-electron chi connectivity index (χ0n) is 16.3. The van der Waals surface area contributed by atoms with Gasteiger partial charge in [0.15, 0.2) is 0 Å². The van der Waals surface area contributed by atoms with E-state index in [1.807, 2.05) is 54.3 Å². The zero-order chi connectivity index (χ0) is 19.5. The maximum Gasteiger partial charge on any atom is 0.322 e. The molecule has 1 N–H and O–H groups in total. The minimum atomic E-state index is -0.0968. The van der Waals surface area contributed by atoms with Crippen molar-refractivity contribution in [2.24, 2.45) is 0 Å². The fourth-order valence-electron chi connectivity index (χ4n) is 3.86. The molecule has 2 heterocycles. The Kier molecular flexibility index (Phi) is 5.06. The van der Waals surface area contributed by atoms with Gasteiger partial charge in [0.05, 0.1) is 24.9 Å². The number of hydrogen-bond acceptors (Lipinski definition) is 2. The molecule has 5 nitrogen and oxygen atoms in total. The molecule has 144 valence electrons. The number of aromatic nitrogens is 1. The van der Waals surface area contributed by atoms with E-state index in [4.69, 9.17) is 4.74 Å². The minimum Gasteiger partial charge on any atom is -0.494 e. The molecule has 1 aromatic heterocycles. The summed E-state index contributed by atoms with van der Waals surface area (Å²) in [6.07, 6.45) is 2.92. The normalized spacial score (nSPS) is 15.4. The summed E-state index contributed by atoms with van der Waals surface area (Å²) >= 11 is 0. The van der Waals surface area contributed by atoms with Crippen molar-refractivity contribution in [3.63, 3.8) is 0 Å². The lowest BCUT2D eigenvalue weighted by molar-refractivity contribution is 0.181. The van der Waals surface area contributed by atoms with Crippen LogP contribution in [-0.4, -0.2) is 22.1 Å². The molecule has 1 atom stereocenters. The van der Waals surface area contributed by atoms with Crippen molar-refractivity contribution in [2.75, 3.05) is 11.9 Å². The third-order valence-corrected chi connectivity index (χ3v) is 5.15. The van der Waals surface area contributed by atoms with Crippen molar-refractivity contribution >= 4 is 11.7 Å². The van der Waals surface area contributed by atoms with Crippen molar-refractivity contribution in [1.29, 1.82) is 0 Å². The van der Waals surface area contributed by atoms with Crippen LogP contribution in [0.25, 0.3) is 5.69 Å². The van der Waals surface area contributed by atoms with Crippen LogP contribution < -0.4 is 10.1 Å². The van der Waals surface area contributed by atoms with Gasteiger partial charge in [-0.15, -0.1) is 0 Å².